The molecule has 1 aliphatic rings. The number of nitrogens with zero attached hydrogens (tertiary/aromatic N) is 2. The van der Waals surface area contributed by atoms with E-state index in [0.717, 1.165) is 28.5 Å². The van der Waals surface area contributed by atoms with Crippen LogP contribution >= 0.6 is 0 Å². The van der Waals surface area contributed by atoms with Gasteiger partial charge in [0.15, 0.2) is 0 Å². The van der Waals surface area contributed by atoms with E-state index in [0.29, 0.717) is 31.2 Å². The van der Waals surface area contributed by atoms with Crippen molar-refractivity contribution in [1.82, 2.24) is 15.1 Å². The molecule has 1 heterocycles. The minimum Gasteiger partial charge on any atom is -0.481 e. The number of fused-ring (bicyclic) bond motifs is 1. The number of rotatable bonds is 6. The fraction of sp³-hybridized carbons (Fsp3) is 0.393. The highest BCUT2D eigenvalue weighted by Crippen LogP contribution is 2.29. The minimum absolute atomic E-state index is 0.0244. The van der Waals surface area contributed by atoms with Crippen LogP contribution in [-0.2, 0) is 11.2 Å². The monoisotopic (exact) mass is 457 g/mol. The van der Waals surface area contributed by atoms with Crippen LogP contribution in [0, 0.1) is 17.8 Å². The van der Waals surface area contributed by atoms with Gasteiger partial charge in [0.2, 0.25) is 0 Å². The highest BCUT2D eigenvalue weighted by Gasteiger charge is 2.28. The summed E-state index contributed by atoms with van der Waals surface area (Å²) in [4.78, 5) is 24.7. The summed E-state index contributed by atoms with van der Waals surface area (Å²) in [5.41, 5.74) is 4.57. The van der Waals surface area contributed by atoms with Crippen LogP contribution < -0.4 is 5.32 Å². The second kappa shape index (κ2) is 10.1. The van der Waals surface area contributed by atoms with Crippen LogP contribution in [0.15, 0.2) is 42.6 Å². The second-order valence-corrected chi connectivity index (χ2v) is 9.02. The van der Waals surface area contributed by atoms with Crippen molar-refractivity contribution >= 4 is 22.8 Å². The van der Waals surface area contributed by atoms with Crippen molar-refractivity contribution in [3.05, 3.63) is 64.8 Å². The predicted molar refractivity (Wildman–Crippen MR) is 133 cm³/mol. The fourth-order valence-corrected chi connectivity index (χ4v) is 4.80. The Labute approximate surface area is 200 Å². The molecule has 0 saturated heterocycles. The lowest BCUT2D eigenvalue weighted by atomic mass is 9.86. The number of carboxylic acid groups (broad SMARTS) is 1. The molecule has 0 spiro atoms. The number of carboxylic acids is 1. The summed E-state index contributed by atoms with van der Waals surface area (Å²) in [5.74, 6) is 4.87. The van der Waals surface area contributed by atoms with Gasteiger partial charge in [-0.2, -0.15) is 5.10 Å². The number of hydrogen-bond acceptors (Lipinski definition) is 3. The number of aryl methyl sites for hydroxylation is 1. The van der Waals surface area contributed by atoms with Crippen molar-refractivity contribution in [2.75, 3.05) is 0 Å². The van der Waals surface area contributed by atoms with Crippen molar-refractivity contribution in [1.29, 1.82) is 0 Å². The van der Waals surface area contributed by atoms with Gasteiger partial charge in [-0.1, -0.05) is 37.1 Å². The lowest BCUT2D eigenvalue weighted by Gasteiger charge is -2.27. The third kappa shape index (κ3) is 4.70. The summed E-state index contributed by atoms with van der Waals surface area (Å²) in [6.45, 7) is 6.01. The van der Waals surface area contributed by atoms with Gasteiger partial charge in [-0.15, -0.1) is 5.92 Å². The molecule has 3 aromatic rings. The maximum atomic E-state index is 13.4. The number of hydrogen-bond donors (Lipinski definition) is 2. The third-order valence-electron chi connectivity index (χ3n) is 6.91. The average Bonchev–Trinajstić information content (AvgIpc) is 3.30. The molecule has 34 heavy (non-hydrogen) atoms. The SMILES string of the molecule is CC#Cc1ccc(C(=O)NC2CCC(C(=O)O)CC2)c2c1cnn2C(C)c1ccc(CC)cc1. The molecule has 1 aromatic heterocycles. The van der Waals surface area contributed by atoms with Crippen LogP contribution in [0.4, 0.5) is 0 Å². The Morgan fingerprint density at radius 1 is 1.15 bits per heavy atom. The fourth-order valence-electron chi connectivity index (χ4n) is 4.80. The molecule has 1 unspecified atom stereocenters. The van der Waals surface area contributed by atoms with Crippen LogP contribution in [0.2, 0.25) is 0 Å². The molecule has 0 aliphatic heterocycles. The average molecular weight is 458 g/mol. The standard InChI is InChI=1S/C28H31N3O3/c1-4-6-21-13-16-24(27(32)30-23-14-11-22(12-15-23)28(33)34)26-25(21)17-29-31(26)18(3)20-9-7-19(5-2)8-10-20/h7-10,13,16-18,22-23H,5,11-12,14-15H2,1-3H3,(H,30,32)(H,33,34). The van der Waals surface area contributed by atoms with Gasteiger partial charge < -0.3 is 10.4 Å². The molecular weight excluding hydrogens is 426 g/mol. The molecule has 1 atom stereocenters. The summed E-state index contributed by atoms with van der Waals surface area (Å²) in [5, 5.41) is 17.9. The molecule has 0 bridgehead atoms. The number of carbonyl (C=O) groups is 2. The first-order valence-electron chi connectivity index (χ1n) is 12.0. The molecule has 1 amide bonds. The summed E-state index contributed by atoms with van der Waals surface area (Å²) in [6, 6.07) is 12.1. The summed E-state index contributed by atoms with van der Waals surface area (Å²) in [6.07, 6.45) is 5.29. The minimum atomic E-state index is -0.746. The van der Waals surface area contributed by atoms with Gasteiger partial charge >= 0.3 is 5.97 Å². The van der Waals surface area contributed by atoms with Crippen LogP contribution in [0.25, 0.3) is 10.9 Å². The van der Waals surface area contributed by atoms with Crippen LogP contribution in [0.5, 0.6) is 0 Å². The second-order valence-electron chi connectivity index (χ2n) is 9.02. The molecular formula is C28H31N3O3. The van der Waals surface area contributed by atoms with Gasteiger partial charge in [-0.3, -0.25) is 14.3 Å². The van der Waals surface area contributed by atoms with Gasteiger partial charge in [0.1, 0.15) is 0 Å². The van der Waals surface area contributed by atoms with Crippen LogP contribution in [-0.4, -0.2) is 32.8 Å². The molecule has 1 aliphatic carbocycles. The Bertz CT molecular complexity index is 1260. The zero-order valence-electron chi connectivity index (χ0n) is 20.0. The van der Waals surface area contributed by atoms with Gasteiger partial charge in [-0.05, 0) is 69.2 Å². The number of aromatic nitrogens is 2. The first-order chi connectivity index (χ1) is 16.4. The number of carbonyl (C=O) groups excluding carboxylic acids is 1. The van der Waals surface area contributed by atoms with E-state index in [2.05, 4.69) is 60.4 Å². The van der Waals surface area contributed by atoms with Gasteiger partial charge in [0, 0.05) is 17.0 Å². The quantitative estimate of drug-likeness (QED) is 0.513. The molecule has 6 heteroatoms. The molecule has 0 radical (unpaired) electrons. The van der Waals surface area contributed by atoms with E-state index in [4.69, 9.17) is 0 Å². The Kier molecular flexibility index (Phi) is 7.02. The Balaban J connectivity index is 1.68. The zero-order chi connectivity index (χ0) is 24.2. The Morgan fingerprint density at radius 3 is 2.47 bits per heavy atom. The van der Waals surface area contributed by atoms with E-state index in [1.165, 1.54) is 5.56 Å². The van der Waals surface area contributed by atoms with E-state index in [1.54, 1.807) is 13.1 Å². The third-order valence-corrected chi connectivity index (χ3v) is 6.91. The lowest BCUT2D eigenvalue weighted by Crippen LogP contribution is -2.39. The van der Waals surface area contributed by atoms with E-state index < -0.39 is 5.97 Å². The number of amides is 1. The van der Waals surface area contributed by atoms with Gasteiger partial charge in [0.25, 0.3) is 5.91 Å². The van der Waals surface area contributed by atoms with Gasteiger partial charge in [0.05, 0.1) is 29.2 Å². The highest BCUT2D eigenvalue weighted by atomic mass is 16.4. The van der Waals surface area contributed by atoms with Crippen LogP contribution in [0.3, 0.4) is 0 Å². The largest absolute Gasteiger partial charge is 0.481 e. The lowest BCUT2D eigenvalue weighted by molar-refractivity contribution is -0.142. The topological polar surface area (TPSA) is 84.2 Å². The first-order valence-corrected chi connectivity index (χ1v) is 12.0. The van der Waals surface area contributed by atoms with Crippen molar-refractivity contribution in [2.45, 2.75) is 65.0 Å². The van der Waals surface area contributed by atoms with Crippen molar-refractivity contribution in [3.8, 4) is 11.8 Å². The molecule has 2 aromatic carbocycles. The maximum absolute atomic E-state index is 13.4. The van der Waals surface area contributed by atoms with E-state index >= 15 is 0 Å². The summed E-state index contributed by atoms with van der Waals surface area (Å²) >= 11 is 0. The smallest absolute Gasteiger partial charge is 0.306 e. The molecule has 4 rings (SSSR count). The Morgan fingerprint density at radius 2 is 1.85 bits per heavy atom. The summed E-state index contributed by atoms with van der Waals surface area (Å²) < 4.78 is 1.91. The maximum Gasteiger partial charge on any atom is 0.306 e. The van der Waals surface area contributed by atoms with E-state index in [-0.39, 0.29) is 23.9 Å². The molecule has 1 saturated carbocycles. The number of nitrogens with one attached hydrogen (secondary N) is 1. The van der Waals surface area contributed by atoms with Gasteiger partial charge in [-0.25, -0.2) is 0 Å². The Hall–Kier alpha value is -3.59. The molecule has 2 N–H and O–H groups in total. The first kappa shape index (κ1) is 23.6. The molecule has 176 valence electrons. The number of benzene rings is 2. The zero-order valence-corrected chi connectivity index (χ0v) is 20.0. The van der Waals surface area contributed by atoms with E-state index in [1.807, 2.05) is 16.8 Å². The van der Waals surface area contributed by atoms with Crippen LogP contribution in [0.1, 0.15) is 79.5 Å². The van der Waals surface area contributed by atoms with Crippen molar-refractivity contribution in [3.63, 3.8) is 0 Å². The summed E-state index contributed by atoms with van der Waals surface area (Å²) in [7, 11) is 0. The van der Waals surface area contributed by atoms with Crippen molar-refractivity contribution < 1.29 is 14.7 Å². The normalized spacial score (nSPS) is 18.7. The molecule has 1 fully saturated rings. The number of aliphatic carboxylic acids is 1. The predicted octanol–water partition coefficient (Wildman–Crippen LogP) is 4.95. The van der Waals surface area contributed by atoms with Crippen molar-refractivity contribution in [2.24, 2.45) is 5.92 Å². The van der Waals surface area contributed by atoms with E-state index in [9.17, 15) is 14.7 Å². The highest BCUT2D eigenvalue weighted by molar-refractivity contribution is 6.07. The molecule has 6 nitrogen and oxygen atoms in total.